The van der Waals surface area contributed by atoms with Crippen molar-refractivity contribution in [3.8, 4) is 16.8 Å². The van der Waals surface area contributed by atoms with Gasteiger partial charge in [0.25, 0.3) is 0 Å². The normalized spacial score (nSPS) is 26.1. The van der Waals surface area contributed by atoms with Gasteiger partial charge < -0.3 is 4.57 Å². The van der Waals surface area contributed by atoms with E-state index in [9.17, 15) is 0 Å². The fourth-order valence-electron chi connectivity index (χ4n) is 9.21. The van der Waals surface area contributed by atoms with Crippen LogP contribution < -0.4 is 0 Å². The molecule has 1 heteroatoms. The van der Waals surface area contributed by atoms with Crippen LogP contribution in [-0.2, 0) is 10.8 Å². The van der Waals surface area contributed by atoms with Gasteiger partial charge in [0, 0.05) is 16.5 Å². The lowest BCUT2D eigenvalue weighted by Gasteiger charge is -2.57. The van der Waals surface area contributed by atoms with Crippen LogP contribution in [-0.4, -0.2) is 4.57 Å². The lowest BCUT2D eigenvalue weighted by atomic mass is 9.48. The highest BCUT2D eigenvalue weighted by molar-refractivity contribution is 6.12. The Hall–Kier alpha value is -3.32. The Morgan fingerprint density at radius 1 is 0.641 bits per heavy atom. The van der Waals surface area contributed by atoms with Crippen LogP contribution in [0.2, 0.25) is 0 Å². The van der Waals surface area contributed by atoms with Crippen molar-refractivity contribution in [2.75, 3.05) is 0 Å². The molecule has 0 amide bonds. The topological polar surface area (TPSA) is 4.93 Å². The highest BCUT2D eigenvalue weighted by Crippen LogP contribution is 2.60. The summed E-state index contributed by atoms with van der Waals surface area (Å²) in [5.41, 5.74) is 9.98. The zero-order valence-corrected chi connectivity index (χ0v) is 23.6. The molecule has 4 aliphatic carbocycles. The van der Waals surface area contributed by atoms with Gasteiger partial charge in [-0.1, -0.05) is 87.5 Å². The first-order valence-corrected chi connectivity index (χ1v) is 15.1. The Morgan fingerprint density at radius 3 is 1.92 bits per heavy atom. The molecule has 1 nitrogen and oxygen atoms in total. The molecule has 0 saturated heterocycles. The molecular weight excluding hydrogens is 470 g/mol. The van der Waals surface area contributed by atoms with E-state index in [2.05, 4.69) is 116 Å². The fourth-order valence-corrected chi connectivity index (χ4v) is 9.21. The molecule has 4 aromatic carbocycles. The Labute approximate surface area is 232 Å². The molecule has 0 atom stereocenters. The summed E-state index contributed by atoms with van der Waals surface area (Å²) >= 11 is 0. The number of benzene rings is 4. The third-order valence-electron chi connectivity index (χ3n) is 10.5. The first kappa shape index (κ1) is 23.6. The molecule has 0 N–H and O–H groups in total. The van der Waals surface area contributed by atoms with Crippen LogP contribution in [0.3, 0.4) is 0 Å². The zero-order valence-electron chi connectivity index (χ0n) is 23.6. The summed E-state index contributed by atoms with van der Waals surface area (Å²) in [5, 5.41) is 2.72. The van der Waals surface area contributed by atoms with Gasteiger partial charge in [0.15, 0.2) is 0 Å². The molecule has 0 radical (unpaired) electrons. The van der Waals surface area contributed by atoms with Crippen LogP contribution in [0.5, 0.6) is 0 Å². The van der Waals surface area contributed by atoms with Gasteiger partial charge in [-0.3, -0.25) is 0 Å². The predicted molar refractivity (Wildman–Crippen MR) is 165 cm³/mol. The molecule has 4 bridgehead atoms. The Morgan fingerprint density at radius 2 is 1.28 bits per heavy atom. The van der Waals surface area contributed by atoms with Crippen LogP contribution in [0, 0.1) is 17.8 Å². The molecule has 4 fully saturated rings. The van der Waals surface area contributed by atoms with E-state index in [0.717, 1.165) is 17.8 Å². The molecule has 1 heterocycles. The van der Waals surface area contributed by atoms with Crippen molar-refractivity contribution in [3.05, 3.63) is 102 Å². The number of fused-ring (bicyclic) bond motifs is 3. The van der Waals surface area contributed by atoms with Gasteiger partial charge in [0.2, 0.25) is 0 Å². The number of para-hydroxylation sites is 1. The molecule has 1 aromatic heterocycles. The van der Waals surface area contributed by atoms with E-state index in [1.165, 1.54) is 82.7 Å². The molecule has 196 valence electrons. The second kappa shape index (κ2) is 8.34. The number of hydrogen-bond donors (Lipinski definition) is 0. The third kappa shape index (κ3) is 3.65. The minimum absolute atomic E-state index is 0.0705. The molecule has 0 unspecified atom stereocenters. The molecule has 0 spiro atoms. The van der Waals surface area contributed by atoms with Crippen LogP contribution in [0.15, 0.2) is 91.0 Å². The molecule has 9 rings (SSSR count). The van der Waals surface area contributed by atoms with Gasteiger partial charge in [-0.05, 0) is 114 Å². The van der Waals surface area contributed by atoms with Crippen LogP contribution >= 0.6 is 0 Å². The van der Waals surface area contributed by atoms with Gasteiger partial charge in [-0.2, -0.15) is 0 Å². The van der Waals surface area contributed by atoms with Gasteiger partial charge in [0.1, 0.15) is 0 Å². The molecular formula is C38H39N. The van der Waals surface area contributed by atoms with Gasteiger partial charge in [-0.15, -0.1) is 0 Å². The van der Waals surface area contributed by atoms with Crippen LogP contribution in [0.1, 0.15) is 70.4 Å². The summed E-state index contributed by atoms with van der Waals surface area (Å²) in [6.07, 6.45) is 8.80. The van der Waals surface area contributed by atoms with E-state index < -0.39 is 0 Å². The average molecular weight is 510 g/mol. The van der Waals surface area contributed by atoms with Gasteiger partial charge in [0.05, 0.1) is 11.0 Å². The average Bonchev–Trinajstić information content (AvgIpc) is 3.26. The van der Waals surface area contributed by atoms with Crippen molar-refractivity contribution in [2.45, 2.75) is 70.1 Å². The summed E-state index contributed by atoms with van der Waals surface area (Å²) < 4.78 is 2.47. The Balaban J connectivity index is 1.26. The van der Waals surface area contributed by atoms with Crippen LogP contribution in [0.4, 0.5) is 0 Å². The molecule has 4 aliphatic rings. The van der Waals surface area contributed by atoms with Crippen LogP contribution in [0.25, 0.3) is 38.6 Å². The number of rotatable bonds is 3. The largest absolute Gasteiger partial charge is 0.309 e. The second-order valence-corrected chi connectivity index (χ2v) is 14.1. The van der Waals surface area contributed by atoms with E-state index in [4.69, 9.17) is 0 Å². The van der Waals surface area contributed by atoms with Crippen molar-refractivity contribution in [3.63, 3.8) is 0 Å². The number of aromatic nitrogens is 1. The third-order valence-corrected chi connectivity index (χ3v) is 10.5. The number of nitrogens with zero attached hydrogens (tertiary/aromatic N) is 1. The molecule has 4 saturated carbocycles. The van der Waals surface area contributed by atoms with Crippen molar-refractivity contribution in [1.82, 2.24) is 4.57 Å². The maximum Gasteiger partial charge on any atom is 0.0547 e. The lowest BCUT2D eigenvalue weighted by molar-refractivity contribution is -0.00518. The summed E-state index contributed by atoms with van der Waals surface area (Å²) in [7, 11) is 0. The lowest BCUT2D eigenvalue weighted by Crippen LogP contribution is -2.48. The molecule has 5 aromatic rings. The predicted octanol–water partition coefficient (Wildman–Crippen LogP) is 10.2. The first-order valence-electron chi connectivity index (χ1n) is 15.1. The van der Waals surface area contributed by atoms with E-state index in [-0.39, 0.29) is 5.41 Å². The monoisotopic (exact) mass is 509 g/mol. The summed E-state index contributed by atoms with van der Waals surface area (Å²) in [6.45, 7) is 6.98. The number of hydrogen-bond acceptors (Lipinski definition) is 0. The Kier molecular flexibility index (Phi) is 5.04. The van der Waals surface area contributed by atoms with E-state index in [0.29, 0.717) is 5.41 Å². The van der Waals surface area contributed by atoms with E-state index in [1.54, 1.807) is 5.56 Å². The SMILES string of the molecule is CC(C)(C)c1cccc2c1c1ccc(-c3ccc(C45CC6CC(CC(C6)C4)C5)cc3)cc1n2-c1ccccc1. The summed E-state index contributed by atoms with van der Waals surface area (Å²) in [6, 6.07) is 34.6. The van der Waals surface area contributed by atoms with Gasteiger partial charge in [-0.25, -0.2) is 0 Å². The minimum Gasteiger partial charge on any atom is -0.309 e. The standard InChI is InChI=1S/C38H39N/c1-37(2,3)33-10-7-11-34-36(33)32-17-14-29(21-35(32)39(34)31-8-5-4-6-9-31)28-12-15-30(16-13-28)38-22-25-18-26(23-38)20-27(19-25)24-38/h4-17,21,25-27H,18-20,22-24H2,1-3H3. The molecule has 0 aliphatic heterocycles. The van der Waals surface area contributed by atoms with Crippen molar-refractivity contribution < 1.29 is 0 Å². The van der Waals surface area contributed by atoms with Crippen molar-refractivity contribution in [1.29, 1.82) is 0 Å². The van der Waals surface area contributed by atoms with E-state index >= 15 is 0 Å². The maximum atomic E-state index is 2.48. The van der Waals surface area contributed by atoms with Crippen molar-refractivity contribution >= 4 is 21.8 Å². The fraction of sp³-hybridized carbons (Fsp3) is 0.368. The van der Waals surface area contributed by atoms with Crippen molar-refractivity contribution in [2.24, 2.45) is 17.8 Å². The summed E-state index contributed by atoms with van der Waals surface area (Å²) in [5.74, 6) is 2.95. The highest BCUT2D eigenvalue weighted by Gasteiger charge is 2.51. The quantitative estimate of drug-likeness (QED) is 0.228. The summed E-state index contributed by atoms with van der Waals surface area (Å²) in [4.78, 5) is 0. The maximum absolute atomic E-state index is 2.48. The zero-order chi connectivity index (χ0) is 26.4. The second-order valence-electron chi connectivity index (χ2n) is 14.1. The first-order chi connectivity index (χ1) is 18.9. The molecule has 39 heavy (non-hydrogen) atoms. The smallest absolute Gasteiger partial charge is 0.0547 e. The minimum atomic E-state index is 0.0705. The highest BCUT2D eigenvalue weighted by atomic mass is 15.0. The van der Waals surface area contributed by atoms with Gasteiger partial charge >= 0.3 is 0 Å². The van der Waals surface area contributed by atoms with E-state index in [1.807, 2.05) is 0 Å². The Bertz CT molecular complexity index is 1660.